The minimum atomic E-state index is 0.0102. The Hall–Kier alpha value is -0.280. The van der Waals surface area contributed by atoms with E-state index >= 15 is 0 Å². The van der Waals surface area contributed by atoms with Crippen molar-refractivity contribution in [2.24, 2.45) is 0 Å². The normalized spacial score (nSPS) is 11.1. The third kappa shape index (κ3) is 1.63. The molecule has 0 saturated heterocycles. The van der Waals surface area contributed by atoms with Gasteiger partial charge in [-0.2, -0.15) is 0 Å². The van der Waals surface area contributed by atoms with E-state index in [0.717, 1.165) is 25.5 Å². The summed E-state index contributed by atoms with van der Waals surface area (Å²) in [4.78, 5) is 0. The zero-order valence-electron chi connectivity index (χ0n) is 7.26. The molecule has 0 aliphatic carbocycles. The maximum Gasteiger partial charge on any atom is 0.0940 e. The van der Waals surface area contributed by atoms with Crippen LogP contribution in [0.3, 0.4) is 0 Å². The maximum absolute atomic E-state index is 9.26. The van der Waals surface area contributed by atoms with E-state index in [4.69, 9.17) is 23.2 Å². The monoisotopic (exact) mass is 246 g/mol. The molecule has 0 saturated carbocycles. The van der Waals surface area contributed by atoms with Gasteiger partial charge in [-0.3, -0.25) is 0 Å². The molecular weight excluding hydrogens is 239 g/mol. The van der Waals surface area contributed by atoms with Crippen LogP contribution in [0.5, 0.6) is 0 Å². The molecule has 1 aromatic heterocycles. The van der Waals surface area contributed by atoms with E-state index in [-0.39, 0.29) is 6.61 Å². The van der Waals surface area contributed by atoms with E-state index in [1.54, 1.807) is 0 Å². The summed E-state index contributed by atoms with van der Waals surface area (Å²) in [5.74, 6) is 0.418. The molecule has 1 N–H and O–H groups in total. The average molecular weight is 247 g/mol. The molecule has 0 fully saturated rings. The van der Waals surface area contributed by atoms with E-state index < -0.39 is 0 Å². The highest BCUT2D eigenvalue weighted by Crippen LogP contribution is 2.34. The molecule has 0 atom stereocenters. The largest absolute Gasteiger partial charge is 0.392 e. The third-order valence-corrected chi connectivity index (χ3v) is 3.79. The van der Waals surface area contributed by atoms with Gasteiger partial charge in [0.2, 0.25) is 0 Å². The van der Waals surface area contributed by atoms with E-state index in [1.165, 1.54) is 11.3 Å². The molecule has 0 aliphatic rings. The number of alkyl halides is 1. The van der Waals surface area contributed by atoms with Crippen molar-refractivity contribution in [3.63, 3.8) is 0 Å². The summed E-state index contributed by atoms with van der Waals surface area (Å²) in [5, 5.41) is 10.3. The summed E-state index contributed by atoms with van der Waals surface area (Å²) < 4.78 is 1.78. The summed E-state index contributed by atoms with van der Waals surface area (Å²) in [5.41, 5.74) is 1.87. The number of fused-ring (bicyclic) bond motifs is 1. The fourth-order valence-corrected chi connectivity index (χ4v) is 3.01. The summed E-state index contributed by atoms with van der Waals surface area (Å²) in [6, 6.07) is 5.82. The van der Waals surface area contributed by atoms with Gasteiger partial charge in [-0.05, 0) is 22.6 Å². The molecule has 0 radical (unpaired) electrons. The minimum Gasteiger partial charge on any atom is -0.392 e. The highest BCUT2D eigenvalue weighted by molar-refractivity contribution is 7.22. The Labute approximate surface area is 95.9 Å². The van der Waals surface area contributed by atoms with Gasteiger partial charge in [0.1, 0.15) is 0 Å². The fraction of sp³-hybridized carbons (Fsp3) is 0.200. The molecule has 14 heavy (non-hydrogen) atoms. The van der Waals surface area contributed by atoms with Crippen LogP contribution >= 0.6 is 34.5 Å². The van der Waals surface area contributed by atoms with Crippen molar-refractivity contribution in [1.29, 1.82) is 0 Å². The zero-order valence-corrected chi connectivity index (χ0v) is 9.59. The van der Waals surface area contributed by atoms with Gasteiger partial charge in [0.05, 0.1) is 10.9 Å². The second-order valence-corrected chi connectivity index (χ2v) is 4.91. The smallest absolute Gasteiger partial charge is 0.0940 e. The quantitative estimate of drug-likeness (QED) is 0.800. The molecule has 1 heterocycles. The Kier molecular flexibility index (Phi) is 2.98. The van der Waals surface area contributed by atoms with Crippen molar-refractivity contribution in [2.75, 3.05) is 0 Å². The highest BCUT2D eigenvalue weighted by Gasteiger charge is 2.08. The Balaban J connectivity index is 2.75. The first-order chi connectivity index (χ1) is 6.76. The van der Waals surface area contributed by atoms with Crippen molar-refractivity contribution >= 4 is 44.6 Å². The average Bonchev–Trinajstić information content (AvgIpc) is 2.56. The van der Waals surface area contributed by atoms with E-state index in [9.17, 15) is 5.11 Å². The summed E-state index contributed by atoms with van der Waals surface area (Å²) in [7, 11) is 0. The first kappa shape index (κ1) is 10.2. The molecular formula is C10H8Cl2OS. The van der Waals surface area contributed by atoms with Crippen LogP contribution in [-0.4, -0.2) is 5.11 Å². The lowest BCUT2D eigenvalue weighted by Crippen LogP contribution is -1.90. The van der Waals surface area contributed by atoms with E-state index in [0.29, 0.717) is 5.88 Å². The van der Waals surface area contributed by atoms with Gasteiger partial charge in [-0.25, -0.2) is 0 Å². The first-order valence-corrected chi connectivity index (χ1v) is 5.85. The molecule has 4 heteroatoms. The van der Waals surface area contributed by atoms with Crippen LogP contribution in [0.25, 0.3) is 10.1 Å². The summed E-state index contributed by atoms with van der Waals surface area (Å²) in [6.07, 6.45) is 0. The molecule has 0 aliphatic heterocycles. The first-order valence-electron chi connectivity index (χ1n) is 4.13. The van der Waals surface area contributed by atoms with Crippen LogP contribution in [0.2, 0.25) is 4.34 Å². The summed E-state index contributed by atoms with van der Waals surface area (Å²) in [6.45, 7) is 0.0102. The topological polar surface area (TPSA) is 20.2 Å². The van der Waals surface area contributed by atoms with Gasteiger partial charge >= 0.3 is 0 Å². The zero-order chi connectivity index (χ0) is 10.1. The lowest BCUT2D eigenvalue weighted by atomic mass is 10.1. The number of rotatable bonds is 2. The second-order valence-electron chi connectivity index (χ2n) is 2.96. The Morgan fingerprint density at radius 1 is 1.36 bits per heavy atom. The van der Waals surface area contributed by atoms with Crippen LogP contribution in [-0.2, 0) is 12.5 Å². The van der Waals surface area contributed by atoms with Crippen LogP contribution in [0.15, 0.2) is 18.2 Å². The van der Waals surface area contributed by atoms with Gasteiger partial charge in [0.25, 0.3) is 0 Å². The predicted octanol–water partition coefficient (Wildman–Crippen LogP) is 3.79. The number of hydrogen-bond donors (Lipinski definition) is 1. The molecule has 2 aromatic rings. The second kappa shape index (κ2) is 4.07. The Morgan fingerprint density at radius 3 is 2.79 bits per heavy atom. The molecule has 74 valence electrons. The number of hydrogen-bond acceptors (Lipinski definition) is 2. The lowest BCUT2D eigenvalue weighted by Gasteiger charge is -2.04. The van der Waals surface area contributed by atoms with E-state index in [1.807, 2.05) is 18.2 Å². The number of aliphatic hydroxyl groups excluding tert-OH is 1. The SMILES string of the molecule is OCc1c(CCl)ccc2cc(Cl)sc12. The molecule has 0 unspecified atom stereocenters. The summed E-state index contributed by atoms with van der Waals surface area (Å²) >= 11 is 13.2. The van der Waals surface area contributed by atoms with Crippen LogP contribution in [0.4, 0.5) is 0 Å². The molecule has 0 amide bonds. The number of aliphatic hydroxyl groups is 1. The molecule has 0 spiro atoms. The predicted molar refractivity (Wildman–Crippen MR) is 62.3 cm³/mol. The minimum absolute atomic E-state index is 0.0102. The Morgan fingerprint density at radius 2 is 2.14 bits per heavy atom. The van der Waals surface area contributed by atoms with Crippen molar-refractivity contribution in [3.8, 4) is 0 Å². The van der Waals surface area contributed by atoms with Crippen molar-refractivity contribution < 1.29 is 5.11 Å². The molecule has 1 aromatic carbocycles. The third-order valence-electron chi connectivity index (χ3n) is 2.16. The Bertz CT molecular complexity index is 464. The maximum atomic E-state index is 9.26. The van der Waals surface area contributed by atoms with Gasteiger partial charge in [-0.15, -0.1) is 22.9 Å². The van der Waals surface area contributed by atoms with Crippen molar-refractivity contribution in [2.45, 2.75) is 12.5 Å². The lowest BCUT2D eigenvalue weighted by molar-refractivity contribution is 0.282. The van der Waals surface area contributed by atoms with Crippen molar-refractivity contribution in [3.05, 3.63) is 33.7 Å². The number of thiophene rings is 1. The molecule has 1 nitrogen and oxygen atoms in total. The number of benzene rings is 1. The van der Waals surface area contributed by atoms with Crippen LogP contribution in [0, 0.1) is 0 Å². The van der Waals surface area contributed by atoms with Gasteiger partial charge in [-0.1, -0.05) is 23.7 Å². The van der Waals surface area contributed by atoms with Gasteiger partial charge < -0.3 is 5.11 Å². The van der Waals surface area contributed by atoms with E-state index in [2.05, 4.69) is 0 Å². The van der Waals surface area contributed by atoms with Gasteiger partial charge in [0, 0.05) is 10.6 Å². The highest BCUT2D eigenvalue weighted by atomic mass is 35.5. The van der Waals surface area contributed by atoms with Crippen molar-refractivity contribution in [1.82, 2.24) is 0 Å². The van der Waals surface area contributed by atoms with Crippen LogP contribution in [0.1, 0.15) is 11.1 Å². The number of halogens is 2. The molecule has 2 rings (SSSR count). The van der Waals surface area contributed by atoms with Gasteiger partial charge in [0.15, 0.2) is 0 Å². The molecule has 0 bridgehead atoms. The standard InChI is InChI=1S/C10H8Cl2OS/c11-4-7-2-1-6-3-9(12)14-10(6)8(7)5-13/h1-3,13H,4-5H2. The fourth-order valence-electron chi connectivity index (χ4n) is 1.47. The van der Waals surface area contributed by atoms with Crippen LogP contribution < -0.4 is 0 Å².